The van der Waals surface area contributed by atoms with E-state index in [1.165, 1.54) is 0 Å². The molecule has 10 nitrogen and oxygen atoms in total. The van der Waals surface area contributed by atoms with E-state index >= 15 is 0 Å². The van der Waals surface area contributed by atoms with E-state index in [0.29, 0.717) is 0 Å². The lowest BCUT2D eigenvalue weighted by Crippen LogP contribution is -2.57. The lowest BCUT2D eigenvalue weighted by Gasteiger charge is -2.42. The highest BCUT2D eigenvalue weighted by Gasteiger charge is 2.52. The number of aliphatic carboxylic acids is 1. The van der Waals surface area contributed by atoms with Crippen molar-refractivity contribution in [1.29, 1.82) is 0 Å². The Morgan fingerprint density at radius 2 is 2.04 bits per heavy atom. The molecule has 2 unspecified atom stereocenters. The first-order valence-corrected chi connectivity index (χ1v) is 8.60. The zero-order valence-electron chi connectivity index (χ0n) is 12.9. The molecule has 0 amide bonds. The van der Waals surface area contributed by atoms with E-state index in [0.717, 1.165) is 0 Å². The minimum absolute atomic E-state index is 0.0108. The number of hydrogen-bond acceptors (Lipinski definition) is 7. The largest absolute Gasteiger partial charge is 0.477 e. The molecular formula is C12H23O10P. The molecule has 0 radical (unpaired) electrons. The number of carbonyl (C=O) groups is 1. The Bertz CT molecular complexity index is 449. The lowest BCUT2D eigenvalue weighted by atomic mass is 9.95. The van der Waals surface area contributed by atoms with Crippen LogP contribution in [0.5, 0.6) is 0 Å². The number of phosphoric acid groups is 1. The van der Waals surface area contributed by atoms with Gasteiger partial charge in [0.05, 0.1) is 25.4 Å². The smallest absolute Gasteiger partial charge is 0.469 e. The number of ether oxygens (including phenoxy) is 2. The van der Waals surface area contributed by atoms with Crippen LogP contribution >= 0.6 is 7.82 Å². The third kappa shape index (κ3) is 6.09. The molecule has 1 aliphatic rings. The Hall–Kier alpha value is -0.580. The van der Waals surface area contributed by atoms with Crippen molar-refractivity contribution in [2.45, 2.75) is 50.8 Å². The van der Waals surface area contributed by atoms with Gasteiger partial charge in [0.15, 0.2) is 0 Å². The zero-order chi connectivity index (χ0) is 17.8. The van der Waals surface area contributed by atoms with Gasteiger partial charge in [0.25, 0.3) is 5.79 Å². The SMILES string of the molecule is CC(C)CO[C@]1(C(=O)O)CC(OP(=O)(O)O)CC([C@H](O)CO)O1. The van der Waals surface area contributed by atoms with Gasteiger partial charge in [-0.1, -0.05) is 13.8 Å². The summed E-state index contributed by atoms with van der Waals surface area (Å²) in [5, 5.41) is 28.2. The van der Waals surface area contributed by atoms with E-state index < -0.39 is 50.9 Å². The normalized spacial score (nSPS) is 30.4. The molecule has 5 N–H and O–H groups in total. The molecule has 0 aromatic heterocycles. The fourth-order valence-corrected chi connectivity index (χ4v) is 2.75. The number of phosphoric ester groups is 1. The Balaban J connectivity index is 3.04. The second-order valence-corrected chi connectivity index (χ2v) is 7.02. The third-order valence-corrected chi connectivity index (χ3v) is 3.78. The second-order valence-electron chi connectivity index (χ2n) is 5.83. The van der Waals surface area contributed by atoms with Gasteiger partial charge in [-0.15, -0.1) is 0 Å². The summed E-state index contributed by atoms with van der Waals surface area (Å²) in [5.74, 6) is -3.75. The van der Waals surface area contributed by atoms with Crippen molar-refractivity contribution >= 4 is 13.8 Å². The summed E-state index contributed by atoms with van der Waals surface area (Å²) in [4.78, 5) is 29.5. The van der Waals surface area contributed by atoms with Crippen molar-refractivity contribution < 1.29 is 48.5 Å². The molecular weight excluding hydrogens is 335 g/mol. The van der Waals surface area contributed by atoms with Gasteiger partial charge in [0.2, 0.25) is 0 Å². The average molecular weight is 358 g/mol. The first-order valence-electron chi connectivity index (χ1n) is 7.07. The van der Waals surface area contributed by atoms with Gasteiger partial charge < -0.3 is 34.6 Å². The molecule has 23 heavy (non-hydrogen) atoms. The summed E-state index contributed by atoms with van der Waals surface area (Å²) < 4.78 is 26.2. The molecule has 1 fully saturated rings. The van der Waals surface area contributed by atoms with Gasteiger partial charge in [-0.05, 0) is 5.92 Å². The minimum Gasteiger partial charge on any atom is -0.477 e. The van der Waals surface area contributed by atoms with Gasteiger partial charge in [-0.2, -0.15) is 0 Å². The van der Waals surface area contributed by atoms with Crippen LogP contribution < -0.4 is 0 Å². The van der Waals surface area contributed by atoms with Gasteiger partial charge in [0.1, 0.15) is 6.10 Å². The molecule has 0 aromatic rings. The van der Waals surface area contributed by atoms with Crippen LogP contribution in [0.3, 0.4) is 0 Å². The van der Waals surface area contributed by atoms with Gasteiger partial charge in [0, 0.05) is 12.8 Å². The van der Waals surface area contributed by atoms with Crippen LogP contribution in [-0.4, -0.2) is 68.4 Å². The molecule has 11 heteroatoms. The number of carboxylic acid groups (broad SMARTS) is 1. The molecule has 4 atom stereocenters. The molecule has 0 saturated carbocycles. The predicted octanol–water partition coefficient (Wildman–Crippen LogP) is -0.550. The number of aliphatic hydroxyl groups is 2. The third-order valence-electron chi connectivity index (χ3n) is 3.21. The Morgan fingerprint density at radius 1 is 1.43 bits per heavy atom. The number of carboxylic acids is 1. The van der Waals surface area contributed by atoms with Crippen molar-refractivity contribution in [3.05, 3.63) is 0 Å². The summed E-state index contributed by atoms with van der Waals surface area (Å²) in [6, 6.07) is 0. The van der Waals surface area contributed by atoms with Crippen LogP contribution in [-0.2, 0) is 23.4 Å². The van der Waals surface area contributed by atoms with E-state index in [1.807, 2.05) is 0 Å². The Kier molecular flexibility index (Phi) is 7.12. The van der Waals surface area contributed by atoms with E-state index in [1.54, 1.807) is 13.8 Å². The van der Waals surface area contributed by atoms with Crippen LogP contribution in [0.25, 0.3) is 0 Å². The molecule has 136 valence electrons. The fraction of sp³-hybridized carbons (Fsp3) is 0.917. The number of hydrogen-bond donors (Lipinski definition) is 5. The number of aliphatic hydroxyl groups excluding tert-OH is 2. The average Bonchev–Trinajstić information content (AvgIpc) is 2.41. The highest BCUT2D eigenvalue weighted by molar-refractivity contribution is 7.46. The molecule has 1 rings (SSSR count). The zero-order valence-corrected chi connectivity index (χ0v) is 13.8. The van der Waals surface area contributed by atoms with Gasteiger partial charge >= 0.3 is 13.8 Å². The minimum atomic E-state index is -4.87. The molecule has 1 saturated heterocycles. The summed E-state index contributed by atoms with van der Waals surface area (Å²) in [7, 11) is -4.87. The topological polar surface area (TPSA) is 163 Å². The van der Waals surface area contributed by atoms with Crippen LogP contribution in [0.15, 0.2) is 0 Å². The summed E-state index contributed by atoms with van der Waals surface area (Å²) in [5.41, 5.74) is 0. The summed E-state index contributed by atoms with van der Waals surface area (Å²) in [6.45, 7) is 2.86. The molecule has 0 aliphatic carbocycles. The van der Waals surface area contributed by atoms with Gasteiger partial charge in [-0.25, -0.2) is 9.36 Å². The van der Waals surface area contributed by atoms with E-state index in [2.05, 4.69) is 4.52 Å². The maximum atomic E-state index is 11.6. The van der Waals surface area contributed by atoms with E-state index in [4.69, 9.17) is 24.4 Å². The quantitative estimate of drug-likeness (QED) is 0.356. The van der Waals surface area contributed by atoms with Gasteiger partial charge in [-0.3, -0.25) is 4.52 Å². The van der Waals surface area contributed by atoms with Crippen molar-refractivity contribution in [2.24, 2.45) is 5.92 Å². The molecule has 1 heterocycles. The van der Waals surface area contributed by atoms with Crippen LogP contribution in [0, 0.1) is 5.92 Å². The fourth-order valence-electron chi connectivity index (χ4n) is 2.20. The highest BCUT2D eigenvalue weighted by atomic mass is 31.2. The second kappa shape index (κ2) is 8.00. The van der Waals surface area contributed by atoms with Crippen molar-refractivity contribution in [1.82, 2.24) is 0 Å². The monoisotopic (exact) mass is 358 g/mol. The Labute approximate surface area is 133 Å². The lowest BCUT2D eigenvalue weighted by molar-refractivity contribution is -0.302. The first-order chi connectivity index (χ1) is 10.5. The summed E-state index contributed by atoms with van der Waals surface area (Å²) >= 11 is 0. The molecule has 0 bridgehead atoms. The van der Waals surface area contributed by atoms with E-state index in [-0.39, 0.29) is 18.9 Å². The predicted molar refractivity (Wildman–Crippen MR) is 75.3 cm³/mol. The Morgan fingerprint density at radius 3 is 2.48 bits per heavy atom. The highest BCUT2D eigenvalue weighted by Crippen LogP contribution is 2.43. The van der Waals surface area contributed by atoms with Crippen molar-refractivity contribution in [3.8, 4) is 0 Å². The maximum Gasteiger partial charge on any atom is 0.469 e. The molecule has 0 aromatic carbocycles. The standard InChI is InChI=1S/C12H23O10P/c1-7(2)6-20-12(11(15)16)4-8(22-23(17,18)19)3-10(21-12)9(14)5-13/h7-10,13-14H,3-6H2,1-2H3,(H,15,16)(H2,17,18,19)/t8?,9-,10?,12-/m1/s1. The van der Waals surface area contributed by atoms with Crippen molar-refractivity contribution in [3.63, 3.8) is 0 Å². The molecule has 1 aliphatic heterocycles. The molecule has 0 spiro atoms. The maximum absolute atomic E-state index is 11.6. The van der Waals surface area contributed by atoms with Crippen LogP contribution in [0.2, 0.25) is 0 Å². The van der Waals surface area contributed by atoms with E-state index in [9.17, 15) is 19.6 Å². The van der Waals surface area contributed by atoms with Crippen LogP contribution in [0.4, 0.5) is 0 Å². The van der Waals surface area contributed by atoms with Crippen LogP contribution in [0.1, 0.15) is 26.7 Å². The summed E-state index contributed by atoms with van der Waals surface area (Å²) in [6.07, 6.45) is -4.55. The van der Waals surface area contributed by atoms with Crippen molar-refractivity contribution in [2.75, 3.05) is 13.2 Å². The number of rotatable bonds is 8. The first kappa shape index (κ1) is 20.5.